The van der Waals surface area contributed by atoms with E-state index in [1.165, 1.54) is 18.2 Å². The topological polar surface area (TPSA) is 75.4 Å². The van der Waals surface area contributed by atoms with E-state index in [4.69, 9.17) is 0 Å². The fraction of sp³-hybridized carbons (Fsp3) is 0. The minimum absolute atomic E-state index is 0.0873. The third-order valence-electron chi connectivity index (χ3n) is 2.64. The lowest BCUT2D eigenvalue weighted by Gasteiger charge is -2.12. The Kier molecular flexibility index (Phi) is 1.82. The van der Waals surface area contributed by atoms with Crippen molar-refractivity contribution >= 4 is 11.0 Å². The van der Waals surface area contributed by atoms with Gasteiger partial charge in [-0.15, -0.1) is 0 Å². The van der Waals surface area contributed by atoms with Crippen LogP contribution in [0.1, 0.15) is 0 Å². The van der Waals surface area contributed by atoms with Crippen LogP contribution in [0.2, 0.25) is 0 Å². The van der Waals surface area contributed by atoms with Crippen molar-refractivity contribution in [2.45, 2.75) is 0 Å². The van der Waals surface area contributed by atoms with Gasteiger partial charge in [-0.2, -0.15) is 4.73 Å². The number of aromatic hydroxyl groups is 1. The second kappa shape index (κ2) is 3.21. The predicted octanol–water partition coefficient (Wildman–Crippen LogP) is 1.44. The summed E-state index contributed by atoms with van der Waals surface area (Å²) in [5.41, 5.74) is 0.726. The summed E-state index contributed by atoms with van der Waals surface area (Å²) in [6.07, 6.45) is 0. The average molecular weight is 228 g/mol. The summed E-state index contributed by atoms with van der Waals surface area (Å²) in [4.78, 5) is 15.8. The molecule has 0 fully saturated rings. The molecule has 0 amide bonds. The summed E-state index contributed by atoms with van der Waals surface area (Å²) in [6, 6.07) is 9.14. The van der Waals surface area contributed by atoms with Gasteiger partial charge in [-0.05, 0) is 24.3 Å². The van der Waals surface area contributed by atoms with E-state index < -0.39 is 0 Å². The van der Waals surface area contributed by atoms with E-state index in [-0.39, 0.29) is 28.1 Å². The Morgan fingerprint density at radius 2 is 1.88 bits per heavy atom. The molecule has 5 heteroatoms. The zero-order valence-corrected chi connectivity index (χ0v) is 8.66. The van der Waals surface area contributed by atoms with Crippen molar-refractivity contribution in [2.24, 2.45) is 0 Å². The van der Waals surface area contributed by atoms with Crippen LogP contribution in [0.15, 0.2) is 41.2 Å². The largest absolute Gasteiger partial charge is 0.506 e. The Morgan fingerprint density at radius 1 is 1.12 bits per heavy atom. The lowest BCUT2D eigenvalue weighted by molar-refractivity contribution is 0.200. The first-order valence-electron chi connectivity index (χ1n) is 5.01. The maximum Gasteiger partial charge on any atom is 0.206 e. The quantitative estimate of drug-likeness (QED) is 0.451. The molecule has 0 aromatic heterocycles. The molecule has 0 spiro atoms. The van der Waals surface area contributed by atoms with E-state index >= 15 is 0 Å². The number of phenols is 1. The molecule has 1 heterocycles. The number of para-hydroxylation sites is 2. The van der Waals surface area contributed by atoms with Crippen LogP contribution in [0, 0.1) is 0 Å². The molecule has 0 radical (unpaired) electrons. The molecule has 0 saturated carbocycles. The molecular formula is C12H8N2O3. The van der Waals surface area contributed by atoms with Gasteiger partial charge >= 0.3 is 0 Å². The number of fused-ring (bicyclic) bond motifs is 2. The number of phenolic OH excluding ortho intramolecular Hbond substituents is 1. The summed E-state index contributed by atoms with van der Waals surface area (Å²) in [7, 11) is 0. The highest BCUT2D eigenvalue weighted by Gasteiger charge is 2.16. The SMILES string of the molecule is O=c1cccc2n(O)c3c(O)cccc3nc1-2. The first kappa shape index (κ1) is 9.65. The molecular weight excluding hydrogens is 220 g/mol. The van der Waals surface area contributed by atoms with Crippen molar-refractivity contribution in [2.75, 3.05) is 0 Å². The van der Waals surface area contributed by atoms with Crippen LogP contribution in [0.3, 0.4) is 0 Å². The number of aromatic nitrogens is 2. The van der Waals surface area contributed by atoms with Crippen LogP contribution >= 0.6 is 0 Å². The Morgan fingerprint density at radius 3 is 2.71 bits per heavy atom. The Hall–Kier alpha value is -2.56. The van der Waals surface area contributed by atoms with Crippen LogP contribution in [0.25, 0.3) is 22.4 Å². The van der Waals surface area contributed by atoms with Crippen molar-refractivity contribution in [3.8, 4) is 17.1 Å². The second-order valence-corrected chi connectivity index (χ2v) is 3.69. The minimum Gasteiger partial charge on any atom is -0.506 e. The van der Waals surface area contributed by atoms with E-state index in [1.54, 1.807) is 18.2 Å². The molecule has 1 aliphatic carbocycles. The van der Waals surface area contributed by atoms with Gasteiger partial charge < -0.3 is 10.3 Å². The van der Waals surface area contributed by atoms with E-state index in [0.29, 0.717) is 5.52 Å². The van der Waals surface area contributed by atoms with Crippen molar-refractivity contribution in [1.29, 1.82) is 0 Å². The van der Waals surface area contributed by atoms with Gasteiger partial charge in [0.25, 0.3) is 0 Å². The molecule has 2 aliphatic rings. The summed E-state index contributed by atoms with van der Waals surface area (Å²) in [5.74, 6) is -0.0873. The first-order chi connectivity index (χ1) is 8.18. The highest BCUT2D eigenvalue weighted by atomic mass is 16.5. The third-order valence-corrected chi connectivity index (χ3v) is 2.64. The molecule has 5 nitrogen and oxygen atoms in total. The number of hydrogen-bond donors (Lipinski definition) is 2. The average Bonchev–Trinajstić information content (AvgIpc) is 2.31. The highest BCUT2D eigenvalue weighted by Crippen LogP contribution is 2.27. The standard InChI is InChI=1S/C12H8N2O3/c15-9-5-2-4-8-11(9)13-7-3-1-6-10(16)12(7)14(8)17/h1-6,16-17H. The zero-order valence-electron chi connectivity index (χ0n) is 8.66. The fourth-order valence-electron chi connectivity index (χ4n) is 1.86. The van der Waals surface area contributed by atoms with Crippen LogP contribution in [-0.2, 0) is 0 Å². The highest BCUT2D eigenvalue weighted by molar-refractivity contribution is 5.84. The monoisotopic (exact) mass is 228 g/mol. The van der Waals surface area contributed by atoms with Crippen LogP contribution in [-0.4, -0.2) is 20.0 Å². The fourth-order valence-corrected chi connectivity index (χ4v) is 1.86. The van der Waals surface area contributed by atoms with Crippen molar-refractivity contribution in [3.63, 3.8) is 0 Å². The summed E-state index contributed by atoms with van der Waals surface area (Å²) in [5, 5.41) is 19.7. The smallest absolute Gasteiger partial charge is 0.206 e. The lowest BCUT2D eigenvalue weighted by atomic mass is 10.2. The molecule has 0 bridgehead atoms. The van der Waals surface area contributed by atoms with Gasteiger partial charge in [0.2, 0.25) is 5.43 Å². The second-order valence-electron chi connectivity index (χ2n) is 3.69. The normalized spacial score (nSPS) is 11.1. The molecule has 0 saturated heterocycles. The van der Waals surface area contributed by atoms with Crippen LogP contribution in [0.5, 0.6) is 5.75 Å². The maximum absolute atomic E-state index is 11.6. The van der Waals surface area contributed by atoms with Crippen molar-refractivity contribution < 1.29 is 10.3 Å². The van der Waals surface area contributed by atoms with E-state index in [1.807, 2.05) is 0 Å². The van der Waals surface area contributed by atoms with Crippen LogP contribution < -0.4 is 5.43 Å². The Bertz CT molecular complexity index is 749. The Labute approximate surface area is 95.5 Å². The lowest BCUT2D eigenvalue weighted by Crippen LogP contribution is -2.12. The molecule has 17 heavy (non-hydrogen) atoms. The number of benzene rings is 2. The van der Waals surface area contributed by atoms with Gasteiger partial charge in [0, 0.05) is 0 Å². The van der Waals surface area contributed by atoms with Gasteiger partial charge in [-0.1, -0.05) is 12.1 Å². The molecule has 2 N–H and O–H groups in total. The molecule has 1 aromatic rings. The number of hydrogen-bond acceptors (Lipinski definition) is 4. The molecule has 84 valence electrons. The summed E-state index contributed by atoms with van der Waals surface area (Å²) in [6.45, 7) is 0. The minimum atomic E-state index is -0.268. The Balaban J connectivity index is 2.63. The van der Waals surface area contributed by atoms with E-state index in [9.17, 15) is 15.1 Å². The maximum atomic E-state index is 11.6. The molecule has 0 unspecified atom stereocenters. The van der Waals surface area contributed by atoms with Crippen molar-refractivity contribution in [1.82, 2.24) is 9.71 Å². The summed E-state index contributed by atoms with van der Waals surface area (Å²) >= 11 is 0. The first-order valence-corrected chi connectivity index (χ1v) is 5.01. The predicted molar refractivity (Wildman–Crippen MR) is 61.5 cm³/mol. The zero-order chi connectivity index (χ0) is 12.0. The van der Waals surface area contributed by atoms with Gasteiger partial charge in [0.15, 0.2) is 0 Å². The molecule has 0 atom stereocenters. The number of rotatable bonds is 0. The van der Waals surface area contributed by atoms with Gasteiger partial charge in [0.1, 0.15) is 22.7 Å². The molecule has 1 aromatic carbocycles. The van der Waals surface area contributed by atoms with Crippen molar-refractivity contribution in [3.05, 3.63) is 46.6 Å². The molecule has 3 rings (SSSR count). The van der Waals surface area contributed by atoms with E-state index in [0.717, 1.165) is 4.73 Å². The third kappa shape index (κ3) is 1.25. The van der Waals surface area contributed by atoms with E-state index in [2.05, 4.69) is 4.98 Å². The number of nitrogens with zero attached hydrogens (tertiary/aromatic N) is 2. The van der Waals surface area contributed by atoms with Gasteiger partial charge in [-0.25, -0.2) is 4.98 Å². The van der Waals surface area contributed by atoms with Gasteiger partial charge in [-0.3, -0.25) is 4.79 Å². The van der Waals surface area contributed by atoms with Crippen LogP contribution in [0.4, 0.5) is 0 Å². The summed E-state index contributed by atoms with van der Waals surface area (Å²) < 4.78 is 0.786. The molecule has 1 aliphatic heterocycles. The van der Waals surface area contributed by atoms with Gasteiger partial charge in [0.05, 0.1) is 5.52 Å².